The summed E-state index contributed by atoms with van der Waals surface area (Å²) in [4.78, 5) is 28.8. The average Bonchev–Trinajstić information content (AvgIpc) is 2.60. The zero-order valence-corrected chi connectivity index (χ0v) is 17.6. The van der Waals surface area contributed by atoms with Gasteiger partial charge in [0.25, 0.3) is 5.56 Å². The van der Waals surface area contributed by atoms with E-state index in [2.05, 4.69) is 23.1 Å². The lowest BCUT2D eigenvalue weighted by molar-refractivity contribution is 0.0143. The lowest BCUT2D eigenvalue weighted by Gasteiger charge is -2.35. The Morgan fingerprint density at radius 2 is 1.71 bits per heavy atom. The van der Waals surface area contributed by atoms with Crippen molar-refractivity contribution in [2.75, 3.05) is 32.7 Å². The van der Waals surface area contributed by atoms with Crippen molar-refractivity contribution in [3.05, 3.63) is 45.7 Å². The van der Waals surface area contributed by atoms with E-state index in [9.17, 15) is 9.59 Å². The van der Waals surface area contributed by atoms with E-state index in [0.717, 1.165) is 41.7 Å². The molecule has 2 heterocycles. The molecule has 6 heteroatoms. The number of fused-ring (bicyclic) bond motifs is 1. The van der Waals surface area contributed by atoms with Gasteiger partial charge in [-0.3, -0.25) is 9.69 Å². The van der Waals surface area contributed by atoms with Crippen LogP contribution < -0.4 is 5.56 Å². The Balaban J connectivity index is 1.64. The molecule has 1 fully saturated rings. The topological polar surface area (TPSA) is 54.8 Å². The Bertz CT molecular complexity index is 919. The van der Waals surface area contributed by atoms with Gasteiger partial charge < -0.3 is 14.2 Å². The van der Waals surface area contributed by atoms with Crippen LogP contribution in [0.2, 0.25) is 0 Å². The zero-order chi connectivity index (χ0) is 20.5. The lowest BCUT2D eigenvalue weighted by atomic mass is 10.1. The van der Waals surface area contributed by atoms with Crippen molar-refractivity contribution in [2.24, 2.45) is 0 Å². The minimum Gasteiger partial charge on any atom is -0.444 e. The largest absolute Gasteiger partial charge is 0.444 e. The van der Waals surface area contributed by atoms with E-state index in [1.54, 1.807) is 11.0 Å². The normalized spacial score (nSPS) is 15.8. The predicted molar refractivity (Wildman–Crippen MR) is 112 cm³/mol. The van der Waals surface area contributed by atoms with Gasteiger partial charge in [0.15, 0.2) is 0 Å². The molecule has 0 spiro atoms. The molecule has 0 unspecified atom stereocenters. The summed E-state index contributed by atoms with van der Waals surface area (Å²) < 4.78 is 7.32. The number of ether oxygens (including phenoxy) is 1. The third kappa shape index (κ3) is 4.73. The van der Waals surface area contributed by atoms with E-state index in [-0.39, 0.29) is 11.7 Å². The van der Waals surface area contributed by atoms with Crippen LogP contribution in [0.5, 0.6) is 0 Å². The van der Waals surface area contributed by atoms with Gasteiger partial charge >= 0.3 is 6.09 Å². The van der Waals surface area contributed by atoms with Crippen molar-refractivity contribution in [3.63, 3.8) is 0 Å². The average molecular weight is 386 g/mol. The van der Waals surface area contributed by atoms with Gasteiger partial charge in [0, 0.05) is 50.7 Å². The Morgan fingerprint density at radius 1 is 1.04 bits per heavy atom. The van der Waals surface area contributed by atoms with Crippen molar-refractivity contribution in [3.8, 4) is 0 Å². The SMILES string of the molecule is Cc1ccc2c(C)cc(=O)n(CCN3CCN(C(=O)OC(C)(C)C)CC3)c2c1. The second-order valence-corrected chi connectivity index (χ2v) is 8.65. The van der Waals surface area contributed by atoms with Crippen LogP contribution in [0.1, 0.15) is 31.9 Å². The second-order valence-electron chi connectivity index (χ2n) is 8.65. The Hall–Kier alpha value is -2.34. The molecule has 0 N–H and O–H groups in total. The van der Waals surface area contributed by atoms with Gasteiger partial charge in [-0.25, -0.2) is 4.79 Å². The third-order valence-electron chi connectivity index (χ3n) is 5.14. The van der Waals surface area contributed by atoms with Crippen LogP contribution in [-0.4, -0.2) is 58.8 Å². The summed E-state index contributed by atoms with van der Waals surface area (Å²) in [6.45, 7) is 14.0. The first-order chi connectivity index (χ1) is 13.1. The third-order valence-corrected chi connectivity index (χ3v) is 5.14. The van der Waals surface area contributed by atoms with E-state index in [4.69, 9.17) is 4.74 Å². The number of aryl methyl sites for hydroxylation is 2. The molecule has 1 aromatic heterocycles. The zero-order valence-electron chi connectivity index (χ0n) is 17.6. The fourth-order valence-electron chi connectivity index (χ4n) is 3.61. The van der Waals surface area contributed by atoms with Gasteiger partial charge in [-0.1, -0.05) is 12.1 Å². The van der Waals surface area contributed by atoms with Crippen LogP contribution in [0.25, 0.3) is 10.9 Å². The van der Waals surface area contributed by atoms with Crippen LogP contribution in [-0.2, 0) is 11.3 Å². The number of carbonyl (C=O) groups is 1. The Labute approximate surface area is 166 Å². The minimum atomic E-state index is -0.472. The summed E-state index contributed by atoms with van der Waals surface area (Å²) >= 11 is 0. The van der Waals surface area contributed by atoms with Gasteiger partial charge in [-0.2, -0.15) is 0 Å². The lowest BCUT2D eigenvalue weighted by Crippen LogP contribution is -2.50. The van der Waals surface area contributed by atoms with Crippen molar-refractivity contribution in [1.82, 2.24) is 14.4 Å². The molecule has 0 bridgehead atoms. The summed E-state index contributed by atoms with van der Waals surface area (Å²) in [6, 6.07) is 7.98. The van der Waals surface area contributed by atoms with Crippen LogP contribution in [0.3, 0.4) is 0 Å². The number of aromatic nitrogens is 1. The molecule has 2 aromatic rings. The number of carbonyl (C=O) groups excluding carboxylic acids is 1. The number of piperazine rings is 1. The predicted octanol–water partition coefficient (Wildman–Crippen LogP) is 3.17. The van der Waals surface area contributed by atoms with Crippen LogP contribution in [0.15, 0.2) is 29.1 Å². The van der Waals surface area contributed by atoms with Gasteiger partial charge in [0.2, 0.25) is 0 Å². The van der Waals surface area contributed by atoms with Crippen molar-refractivity contribution < 1.29 is 9.53 Å². The van der Waals surface area contributed by atoms with Crippen LogP contribution in [0.4, 0.5) is 4.79 Å². The van der Waals surface area contributed by atoms with Crippen molar-refractivity contribution in [2.45, 2.75) is 46.8 Å². The van der Waals surface area contributed by atoms with Gasteiger partial charge in [-0.05, 0) is 51.8 Å². The van der Waals surface area contributed by atoms with E-state index in [1.165, 1.54) is 0 Å². The van der Waals surface area contributed by atoms with E-state index in [0.29, 0.717) is 19.6 Å². The van der Waals surface area contributed by atoms with E-state index >= 15 is 0 Å². The molecule has 152 valence electrons. The van der Waals surface area contributed by atoms with Crippen molar-refractivity contribution in [1.29, 1.82) is 0 Å². The number of amides is 1. The molecular formula is C22H31N3O3. The van der Waals surface area contributed by atoms with E-state index < -0.39 is 5.60 Å². The van der Waals surface area contributed by atoms with Crippen molar-refractivity contribution >= 4 is 17.0 Å². The highest BCUT2D eigenvalue weighted by Crippen LogP contribution is 2.18. The van der Waals surface area contributed by atoms with Crippen LogP contribution >= 0.6 is 0 Å². The quantitative estimate of drug-likeness (QED) is 0.814. The summed E-state index contributed by atoms with van der Waals surface area (Å²) in [5, 5.41) is 1.12. The maximum atomic E-state index is 12.6. The summed E-state index contributed by atoms with van der Waals surface area (Å²) in [6.07, 6.45) is -0.247. The smallest absolute Gasteiger partial charge is 0.410 e. The molecule has 3 rings (SSSR count). The maximum Gasteiger partial charge on any atom is 0.410 e. The molecule has 0 atom stereocenters. The van der Waals surface area contributed by atoms with Crippen LogP contribution in [0, 0.1) is 13.8 Å². The number of hydrogen-bond acceptors (Lipinski definition) is 4. The minimum absolute atomic E-state index is 0.0444. The highest BCUT2D eigenvalue weighted by molar-refractivity contribution is 5.83. The standard InChI is InChI=1S/C22H31N3O3/c1-16-6-7-18-17(2)15-20(26)25(19(18)14-16)13-10-23-8-11-24(12-9-23)21(27)28-22(3,4)5/h6-7,14-15H,8-13H2,1-5H3. The fourth-order valence-corrected chi connectivity index (χ4v) is 3.61. The van der Waals surface area contributed by atoms with Gasteiger partial charge in [0.1, 0.15) is 5.60 Å². The molecule has 1 aliphatic rings. The first-order valence-corrected chi connectivity index (χ1v) is 9.95. The number of rotatable bonds is 3. The monoisotopic (exact) mass is 385 g/mol. The second kappa shape index (κ2) is 7.95. The highest BCUT2D eigenvalue weighted by atomic mass is 16.6. The molecular weight excluding hydrogens is 354 g/mol. The molecule has 0 aliphatic carbocycles. The molecule has 0 radical (unpaired) electrons. The fraction of sp³-hybridized carbons (Fsp3) is 0.545. The Kier molecular flexibility index (Phi) is 5.79. The molecule has 1 aliphatic heterocycles. The summed E-state index contributed by atoms with van der Waals surface area (Å²) in [5.74, 6) is 0. The molecule has 1 amide bonds. The Morgan fingerprint density at radius 3 is 2.36 bits per heavy atom. The molecule has 6 nitrogen and oxygen atoms in total. The van der Waals surface area contributed by atoms with Gasteiger partial charge in [-0.15, -0.1) is 0 Å². The number of nitrogens with zero attached hydrogens (tertiary/aromatic N) is 3. The number of pyridine rings is 1. The molecule has 28 heavy (non-hydrogen) atoms. The molecule has 0 saturated carbocycles. The summed E-state index contributed by atoms with van der Waals surface area (Å²) in [7, 11) is 0. The number of benzene rings is 1. The molecule has 1 aromatic carbocycles. The molecule has 1 saturated heterocycles. The number of hydrogen-bond donors (Lipinski definition) is 0. The van der Waals surface area contributed by atoms with Gasteiger partial charge in [0.05, 0.1) is 5.52 Å². The van der Waals surface area contributed by atoms with E-state index in [1.807, 2.05) is 39.2 Å². The highest BCUT2D eigenvalue weighted by Gasteiger charge is 2.25. The summed E-state index contributed by atoms with van der Waals surface area (Å²) in [5.41, 5.74) is 2.74. The first-order valence-electron chi connectivity index (χ1n) is 9.95. The first kappa shape index (κ1) is 20.4. The maximum absolute atomic E-state index is 12.6.